The second-order valence-corrected chi connectivity index (χ2v) is 6.80. The minimum absolute atomic E-state index is 0.0725. The molecule has 21 heavy (non-hydrogen) atoms. The lowest BCUT2D eigenvalue weighted by molar-refractivity contribution is -0.145. The van der Waals surface area contributed by atoms with Gasteiger partial charge in [0.1, 0.15) is 0 Å². The van der Waals surface area contributed by atoms with Gasteiger partial charge < -0.3 is 10.0 Å². The molecule has 1 atom stereocenters. The van der Waals surface area contributed by atoms with Crippen LogP contribution in [0.1, 0.15) is 64.7 Å². The zero-order valence-corrected chi connectivity index (χ0v) is 13.2. The zero-order chi connectivity index (χ0) is 15.2. The molecule has 4 heteroatoms. The molecule has 1 saturated heterocycles. The largest absolute Gasteiger partial charge is 0.481 e. The fourth-order valence-electron chi connectivity index (χ4n) is 3.93. The van der Waals surface area contributed by atoms with Crippen molar-refractivity contribution in [2.45, 2.75) is 64.7 Å². The van der Waals surface area contributed by atoms with Crippen molar-refractivity contribution in [2.75, 3.05) is 13.1 Å². The van der Waals surface area contributed by atoms with Crippen LogP contribution >= 0.6 is 0 Å². The monoisotopic (exact) mass is 295 g/mol. The van der Waals surface area contributed by atoms with E-state index < -0.39 is 5.97 Å². The van der Waals surface area contributed by atoms with Crippen molar-refractivity contribution in [1.82, 2.24) is 4.90 Å². The fourth-order valence-corrected chi connectivity index (χ4v) is 3.93. The number of nitrogens with zero attached hydrogens (tertiary/aromatic N) is 1. The molecule has 0 radical (unpaired) electrons. The van der Waals surface area contributed by atoms with E-state index >= 15 is 0 Å². The maximum atomic E-state index is 12.6. The van der Waals surface area contributed by atoms with E-state index in [1.807, 2.05) is 0 Å². The van der Waals surface area contributed by atoms with E-state index in [9.17, 15) is 9.59 Å². The molecule has 1 unspecified atom stereocenters. The number of amides is 1. The molecule has 1 amide bonds. The van der Waals surface area contributed by atoms with E-state index in [1.165, 1.54) is 19.3 Å². The molecule has 0 aromatic carbocycles. The minimum atomic E-state index is -0.696. The maximum Gasteiger partial charge on any atom is 0.306 e. The van der Waals surface area contributed by atoms with Gasteiger partial charge in [0.05, 0.1) is 5.92 Å². The van der Waals surface area contributed by atoms with E-state index in [0.717, 1.165) is 44.7 Å². The Morgan fingerprint density at radius 2 is 1.67 bits per heavy atom. The van der Waals surface area contributed by atoms with Gasteiger partial charge in [-0.3, -0.25) is 9.59 Å². The van der Waals surface area contributed by atoms with Gasteiger partial charge in [-0.25, -0.2) is 0 Å². The number of carboxylic acid groups (broad SMARTS) is 1. The average Bonchev–Trinajstić information content (AvgIpc) is 2.73. The summed E-state index contributed by atoms with van der Waals surface area (Å²) in [6.45, 7) is 4.04. The highest BCUT2D eigenvalue weighted by Gasteiger charge is 2.32. The van der Waals surface area contributed by atoms with E-state index in [2.05, 4.69) is 11.8 Å². The number of hydrogen-bond acceptors (Lipinski definition) is 2. The summed E-state index contributed by atoms with van der Waals surface area (Å²) < 4.78 is 0. The van der Waals surface area contributed by atoms with E-state index in [1.54, 1.807) is 0 Å². The molecule has 120 valence electrons. The molecule has 0 aromatic heterocycles. The zero-order valence-electron chi connectivity index (χ0n) is 13.2. The molecule has 0 spiro atoms. The van der Waals surface area contributed by atoms with Gasteiger partial charge in [0, 0.05) is 19.0 Å². The van der Waals surface area contributed by atoms with Crippen LogP contribution in [-0.2, 0) is 9.59 Å². The number of aliphatic carboxylic acids is 1. The lowest BCUT2D eigenvalue weighted by Gasteiger charge is -2.30. The van der Waals surface area contributed by atoms with Gasteiger partial charge >= 0.3 is 5.97 Å². The molecule has 0 aromatic rings. The van der Waals surface area contributed by atoms with Gasteiger partial charge in [-0.1, -0.05) is 19.8 Å². The lowest BCUT2D eigenvalue weighted by Crippen LogP contribution is -2.39. The molecule has 1 aliphatic carbocycles. The number of likely N-dealkylation sites (tertiary alicyclic amines) is 1. The summed E-state index contributed by atoms with van der Waals surface area (Å²) in [5.74, 6) is 0.222. The van der Waals surface area contributed by atoms with Gasteiger partial charge in [-0.05, 0) is 50.9 Å². The van der Waals surface area contributed by atoms with Gasteiger partial charge in [-0.2, -0.15) is 0 Å². The molecule has 2 aliphatic rings. The second kappa shape index (κ2) is 7.81. The summed E-state index contributed by atoms with van der Waals surface area (Å²) in [4.78, 5) is 25.7. The van der Waals surface area contributed by atoms with Crippen molar-refractivity contribution in [1.29, 1.82) is 0 Å². The third-order valence-corrected chi connectivity index (χ3v) is 5.28. The number of carboxylic acids is 1. The maximum absolute atomic E-state index is 12.6. The Kier molecular flexibility index (Phi) is 6.07. The number of hydrogen-bond donors (Lipinski definition) is 1. The summed E-state index contributed by atoms with van der Waals surface area (Å²) >= 11 is 0. The highest BCUT2D eigenvalue weighted by atomic mass is 16.4. The quantitative estimate of drug-likeness (QED) is 0.865. The Labute approximate surface area is 127 Å². The number of carbonyl (C=O) groups is 2. The molecular formula is C17H29NO3. The molecule has 1 saturated carbocycles. The van der Waals surface area contributed by atoms with Crippen LogP contribution in [-0.4, -0.2) is 35.0 Å². The molecule has 2 fully saturated rings. The summed E-state index contributed by atoms with van der Waals surface area (Å²) in [5, 5.41) is 9.03. The SMILES string of the molecule is CCCC1CCCN(C(=O)C2CCC(C(=O)O)CC2)CC1. The Morgan fingerprint density at radius 3 is 2.29 bits per heavy atom. The predicted octanol–water partition coefficient (Wildman–Crippen LogP) is 3.31. The van der Waals surface area contributed by atoms with Gasteiger partial charge in [0.2, 0.25) is 5.91 Å². The average molecular weight is 295 g/mol. The first-order valence-corrected chi connectivity index (χ1v) is 8.63. The molecule has 1 N–H and O–H groups in total. The third-order valence-electron chi connectivity index (χ3n) is 5.28. The van der Waals surface area contributed by atoms with Gasteiger partial charge in [0.15, 0.2) is 0 Å². The van der Waals surface area contributed by atoms with Crippen LogP contribution in [0.5, 0.6) is 0 Å². The highest BCUT2D eigenvalue weighted by Crippen LogP contribution is 2.31. The summed E-state index contributed by atoms with van der Waals surface area (Å²) in [7, 11) is 0. The first-order chi connectivity index (χ1) is 10.1. The number of rotatable bonds is 4. The van der Waals surface area contributed by atoms with Gasteiger partial charge in [0.25, 0.3) is 0 Å². The Hall–Kier alpha value is -1.06. The van der Waals surface area contributed by atoms with Crippen molar-refractivity contribution >= 4 is 11.9 Å². The lowest BCUT2D eigenvalue weighted by atomic mass is 9.81. The van der Waals surface area contributed by atoms with Crippen LogP contribution in [0, 0.1) is 17.8 Å². The summed E-state index contributed by atoms with van der Waals surface area (Å²) in [6.07, 6.45) is 8.88. The standard InChI is InChI=1S/C17H29NO3/c1-2-4-13-5-3-11-18(12-10-13)16(19)14-6-8-15(9-7-14)17(20)21/h13-15H,2-12H2,1H3,(H,20,21). The van der Waals surface area contributed by atoms with E-state index in [4.69, 9.17) is 5.11 Å². The normalized spacial score (nSPS) is 30.7. The topological polar surface area (TPSA) is 57.6 Å². The summed E-state index contributed by atoms with van der Waals surface area (Å²) in [5.41, 5.74) is 0. The van der Waals surface area contributed by atoms with Crippen LogP contribution < -0.4 is 0 Å². The molecule has 4 nitrogen and oxygen atoms in total. The van der Waals surface area contributed by atoms with Crippen LogP contribution in [0.4, 0.5) is 0 Å². The number of carbonyl (C=O) groups excluding carboxylic acids is 1. The van der Waals surface area contributed by atoms with Crippen LogP contribution in [0.15, 0.2) is 0 Å². The molecular weight excluding hydrogens is 266 g/mol. The van der Waals surface area contributed by atoms with Crippen molar-refractivity contribution in [3.8, 4) is 0 Å². The van der Waals surface area contributed by atoms with Crippen molar-refractivity contribution in [2.24, 2.45) is 17.8 Å². The van der Waals surface area contributed by atoms with Crippen LogP contribution in [0.2, 0.25) is 0 Å². The Balaban J connectivity index is 1.82. The molecule has 1 heterocycles. The van der Waals surface area contributed by atoms with Crippen molar-refractivity contribution in [3.05, 3.63) is 0 Å². The smallest absolute Gasteiger partial charge is 0.306 e. The molecule has 2 rings (SSSR count). The first-order valence-electron chi connectivity index (χ1n) is 8.63. The third kappa shape index (κ3) is 4.45. The highest BCUT2D eigenvalue weighted by molar-refractivity contribution is 5.79. The van der Waals surface area contributed by atoms with Crippen molar-refractivity contribution < 1.29 is 14.7 Å². The second-order valence-electron chi connectivity index (χ2n) is 6.80. The fraction of sp³-hybridized carbons (Fsp3) is 0.882. The Bertz CT molecular complexity index is 361. The molecule has 1 aliphatic heterocycles. The minimum Gasteiger partial charge on any atom is -0.481 e. The van der Waals surface area contributed by atoms with Crippen LogP contribution in [0.25, 0.3) is 0 Å². The van der Waals surface area contributed by atoms with Crippen LogP contribution in [0.3, 0.4) is 0 Å². The predicted molar refractivity (Wildman–Crippen MR) is 81.9 cm³/mol. The van der Waals surface area contributed by atoms with E-state index in [-0.39, 0.29) is 17.7 Å². The molecule has 0 bridgehead atoms. The van der Waals surface area contributed by atoms with Crippen molar-refractivity contribution in [3.63, 3.8) is 0 Å². The first kappa shape index (κ1) is 16.3. The summed E-state index contributed by atoms with van der Waals surface area (Å²) in [6, 6.07) is 0. The Morgan fingerprint density at radius 1 is 1.00 bits per heavy atom. The van der Waals surface area contributed by atoms with E-state index in [0.29, 0.717) is 12.8 Å². The van der Waals surface area contributed by atoms with Gasteiger partial charge in [-0.15, -0.1) is 0 Å².